The number of rotatable bonds is 6. The molecular weight excluding hydrogens is 290 g/mol. The highest BCUT2D eigenvalue weighted by atomic mass is 16.3. The molecule has 4 atom stereocenters. The molecule has 0 bridgehead atoms. The van der Waals surface area contributed by atoms with Crippen molar-refractivity contribution in [1.29, 1.82) is 0 Å². The normalized spacial score (nSPS) is 25.6. The monoisotopic (exact) mass is 319 g/mol. The molecule has 5 heteroatoms. The molecule has 0 aromatic carbocycles. The minimum absolute atomic E-state index is 0.0144. The topological polar surface area (TPSA) is 74.2 Å². The molecule has 0 radical (unpaired) electrons. The van der Waals surface area contributed by atoms with Gasteiger partial charge in [0.1, 0.15) is 0 Å². The van der Waals surface area contributed by atoms with Gasteiger partial charge in [-0.1, -0.05) is 19.9 Å². The maximum atomic E-state index is 12.1. The van der Waals surface area contributed by atoms with Gasteiger partial charge in [0.25, 0.3) is 0 Å². The highest BCUT2D eigenvalue weighted by Gasteiger charge is 2.26. The van der Waals surface area contributed by atoms with Gasteiger partial charge in [-0.25, -0.2) is 4.79 Å². The summed E-state index contributed by atoms with van der Waals surface area (Å²) < 4.78 is 0. The first-order chi connectivity index (χ1) is 11.1. The number of carbonyl (C=O) groups is 1. The van der Waals surface area contributed by atoms with Crippen LogP contribution in [0.25, 0.3) is 0 Å². The molecule has 0 aliphatic heterocycles. The quantitative estimate of drug-likeness (QED) is 0.753. The Hall–Kier alpha value is -1.62. The zero-order valence-corrected chi connectivity index (χ0v) is 14.2. The Morgan fingerprint density at radius 1 is 1.39 bits per heavy atom. The van der Waals surface area contributed by atoms with E-state index in [1.54, 1.807) is 6.20 Å². The van der Waals surface area contributed by atoms with Gasteiger partial charge in [0, 0.05) is 37.0 Å². The minimum Gasteiger partial charge on any atom is -0.396 e. The highest BCUT2D eigenvalue weighted by Crippen LogP contribution is 2.28. The molecule has 128 valence electrons. The molecule has 1 aromatic rings. The Balaban J connectivity index is 1.74. The van der Waals surface area contributed by atoms with E-state index in [-0.39, 0.29) is 24.6 Å². The number of pyridine rings is 1. The Morgan fingerprint density at radius 3 is 2.87 bits per heavy atom. The van der Waals surface area contributed by atoms with E-state index in [0.717, 1.165) is 18.0 Å². The summed E-state index contributed by atoms with van der Waals surface area (Å²) in [5.74, 6) is 1.26. The van der Waals surface area contributed by atoms with Gasteiger partial charge in [-0.15, -0.1) is 0 Å². The Kier molecular flexibility index (Phi) is 6.84. The first-order valence-electron chi connectivity index (χ1n) is 8.63. The van der Waals surface area contributed by atoms with Gasteiger partial charge in [-0.2, -0.15) is 0 Å². The number of aliphatic hydroxyl groups excluding tert-OH is 1. The SMILES string of the molecule is C[C@@H]1CC[C@H](NC(=O)NC[C@H](CO)Cc2ccccn2)[C@@H](C)C1. The molecule has 1 aliphatic carbocycles. The van der Waals surface area contributed by atoms with Crippen LogP contribution in [0, 0.1) is 17.8 Å². The first-order valence-corrected chi connectivity index (χ1v) is 8.63. The summed E-state index contributed by atoms with van der Waals surface area (Å²) in [6, 6.07) is 5.87. The molecule has 0 spiro atoms. The molecule has 2 amide bonds. The van der Waals surface area contributed by atoms with Crippen molar-refractivity contribution in [3.05, 3.63) is 30.1 Å². The van der Waals surface area contributed by atoms with Crippen LogP contribution in [0.4, 0.5) is 4.79 Å². The maximum Gasteiger partial charge on any atom is 0.315 e. The molecule has 1 aromatic heterocycles. The van der Waals surface area contributed by atoms with Crippen molar-refractivity contribution >= 4 is 6.03 Å². The van der Waals surface area contributed by atoms with Gasteiger partial charge < -0.3 is 15.7 Å². The van der Waals surface area contributed by atoms with Crippen molar-refractivity contribution in [3.63, 3.8) is 0 Å². The van der Waals surface area contributed by atoms with Crippen LogP contribution in [0.15, 0.2) is 24.4 Å². The number of aromatic nitrogens is 1. The molecule has 1 heterocycles. The number of nitrogens with zero attached hydrogens (tertiary/aromatic N) is 1. The molecule has 0 saturated heterocycles. The lowest BCUT2D eigenvalue weighted by Crippen LogP contribution is -2.48. The summed E-state index contributed by atoms with van der Waals surface area (Å²) in [6.07, 6.45) is 5.80. The van der Waals surface area contributed by atoms with Gasteiger partial charge in [0.2, 0.25) is 0 Å². The summed E-state index contributed by atoms with van der Waals surface area (Å²) in [6.45, 7) is 4.97. The third-order valence-electron chi connectivity index (χ3n) is 4.78. The van der Waals surface area contributed by atoms with Crippen LogP contribution < -0.4 is 10.6 Å². The Bertz CT molecular complexity index is 480. The van der Waals surface area contributed by atoms with Crippen molar-refractivity contribution in [3.8, 4) is 0 Å². The van der Waals surface area contributed by atoms with Crippen molar-refractivity contribution in [1.82, 2.24) is 15.6 Å². The van der Waals surface area contributed by atoms with E-state index in [2.05, 4.69) is 29.5 Å². The van der Waals surface area contributed by atoms with Gasteiger partial charge in [-0.3, -0.25) is 4.98 Å². The molecule has 2 rings (SSSR count). The van der Waals surface area contributed by atoms with E-state index < -0.39 is 0 Å². The number of hydrogen-bond donors (Lipinski definition) is 3. The smallest absolute Gasteiger partial charge is 0.315 e. The van der Waals surface area contributed by atoms with E-state index in [4.69, 9.17) is 0 Å². The van der Waals surface area contributed by atoms with Crippen molar-refractivity contribution in [2.24, 2.45) is 17.8 Å². The van der Waals surface area contributed by atoms with Crippen LogP contribution in [-0.4, -0.2) is 35.3 Å². The van der Waals surface area contributed by atoms with Gasteiger partial charge >= 0.3 is 6.03 Å². The Morgan fingerprint density at radius 2 is 2.22 bits per heavy atom. The highest BCUT2D eigenvalue weighted by molar-refractivity contribution is 5.74. The van der Waals surface area contributed by atoms with E-state index >= 15 is 0 Å². The van der Waals surface area contributed by atoms with Crippen LogP contribution in [0.2, 0.25) is 0 Å². The van der Waals surface area contributed by atoms with Crippen LogP contribution in [0.5, 0.6) is 0 Å². The number of carbonyl (C=O) groups excluding carboxylic acids is 1. The molecule has 0 unspecified atom stereocenters. The molecule has 3 N–H and O–H groups in total. The van der Waals surface area contributed by atoms with Crippen LogP contribution >= 0.6 is 0 Å². The second kappa shape index (κ2) is 8.87. The van der Waals surface area contributed by atoms with Gasteiger partial charge in [0.05, 0.1) is 0 Å². The van der Waals surface area contributed by atoms with Crippen molar-refractivity contribution in [2.45, 2.75) is 45.6 Å². The number of hydrogen-bond acceptors (Lipinski definition) is 3. The van der Waals surface area contributed by atoms with Gasteiger partial charge in [0.15, 0.2) is 0 Å². The molecule has 1 aliphatic rings. The molecule has 5 nitrogen and oxygen atoms in total. The Labute approximate surface area is 138 Å². The van der Waals surface area contributed by atoms with E-state index in [9.17, 15) is 9.90 Å². The average molecular weight is 319 g/mol. The summed E-state index contributed by atoms with van der Waals surface area (Å²) in [5, 5.41) is 15.5. The summed E-state index contributed by atoms with van der Waals surface area (Å²) in [5.41, 5.74) is 0.934. The number of urea groups is 1. The predicted octanol–water partition coefficient (Wildman–Crippen LogP) is 2.36. The molecule has 23 heavy (non-hydrogen) atoms. The fraction of sp³-hybridized carbons (Fsp3) is 0.667. The third kappa shape index (κ3) is 5.82. The zero-order chi connectivity index (χ0) is 16.7. The fourth-order valence-corrected chi connectivity index (χ4v) is 3.35. The number of amides is 2. The van der Waals surface area contributed by atoms with E-state index in [0.29, 0.717) is 18.9 Å². The average Bonchev–Trinajstić information content (AvgIpc) is 2.55. The lowest BCUT2D eigenvalue weighted by Gasteiger charge is -2.33. The molecule has 1 fully saturated rings. The van der Waals surface area contributed by atoms with E-state index in [1.165, 1.54) is 12.8 Å². The predicted molar refractivity (Wildman–Crippen MR) is 91.0 cm³/mol. The summed E-state index contributed by atoms with van der Waals surface area (Å²) in [4.78, 5) is 16.4. The largest absolute Gasteiger partial charge is 0.396 e. The first kappa shape index (κ1) is 17.7. The van der Waals surface area contributed by atoms with Crippen LogP contribution in [0.1, 0.15) is 38.8 Å². The number of nitrogens with one attached hydrogen (secondary N) is 2. The fourth-order valence-electron chi connectivity index (χ4n) is 3.35. The van der Waals surface area contributed by atoms with Gasteiger partial charge in [-0.05, 0) is 49.7 Å². The van der Waals surface area contributed by atoms with Crippen LogP contribution in [0.3, 0.4) is 0 Å². The summed E-state index contributed by atoms with van der Waals surface area (Å²) >= 11 is 0. The molecular formula is C18H29N3O2. The molecule has 1 saturated carbocycles. The second-order valence-corrected chi connectivity index (χ2v) is 6.93. The lowest BCUT2D eigenvalue weighted by atomic mass is 9.80. The zero-order valence-electron chi connectivity index (χ0n) is 14.2. The van der Waals surface area contributed by atoms with E-state index in [1.807, 2.05) is 18.2 Å². The standard InChI is InChI=1S/C18H29N3O2/c1-13-6-7-17(14(2)9-13)21-18(23)20-11-15(12-22)10-16-5-3-4-8-19-16/h3-5,8,13-15,17,22H,6-7,9-12H2,1-2H3,(H2,20,21,23)/t13-,14+,15-,17+/m1/s1. The number of aliphatic hydroxyl groups is 1. The second-order valence-electron chi connectivity index (χ2n) is 6.93. The van der Waals surface area contributed by atoms with Crippen molar-refractivity contribution in [2.75, 3.05) is 13.2 Å². The van der Waals surface area contributed by atoms with Crippen LogP contribution in [-0.2, 0) is 6.42 Å². The maximum absolute atomic E-state index is 12.1. The lowest BCUT2D eigenvalue weighted by molar-refractivity contribution is 0.197. The minimum atomic E-state index is -0.129. The third-order valence-corrected chi connectivity index (χ3v) is 4.78. The van der Waals surface area contributed by atoms with Crippen molar-refractivity contribution < 1.29 is 9.90 Å². The summed E-state index contributed by atoms with van der Waals surface area (Å²) in [7, 11) is 0.